The number of ether oxygens (including phenoxy) is 4. The van der Waals surface area contributed by atoms with Gasteiger partial charge in [-0.05, 0) is 64.3 Å². The van der Waals surface area contributed by atoms with E-state index in [9.17, 15) is 14.4 Å². The lowest BCUT2D eigenvalue weighted by Gasteiger charge is -2.43. The Hall–Kier alpha value is -4.42. The maximum atomic E-state index is 12.7. The minimum atomic E-state index is -0.575. The maximum absolute atomic E-state index is 12.7. The summed E-state index contributed by atoms with van der Waals surface area (Å²) < 4.78 is 21.7. The summed E-state index contributed by atoms with van der Waals surface area (Å²) in [5, 5.41) is 4.13. The van der Waals surface area contributed by atoms with E-state index in [0.717, 1.165) is 11.4 Å². The predicted molar refractivity (Wildman–Crippen MR) is 184 cm³/mol. The van der Waals surface area contributed by atoms with Gasteiger partial charge in [0, 0.05) is 52.9 Å². The number of allylic oxidation sites excluding steroid dienone is 4. The molecule has 2 amide bonds. The standard InChI is InChI=1S/C35H51N5O7/c1-10-31(36-27(2)19-20-28(3)46-33(42)37(8)30-16-12-11-13-17-30)32(18-14-15-25-45-29(4)41)40(26-44-9)39-23-21-38(22-24-39)34(43)47-35(5,6)7/h11-13,16-20H,2-3,10,14-15,21-26H2,1,4-9H3/b20-19-,32-18-,36-31?. The monoisotopic (exact) mass is 653 g/mol. The minimum absolute atomic E-state index is 0.136. The Labute approximate surface area is 279 Å². The SMILES string of the molecule is C=C(/C=C\C(=C)OC(=O)N(C)c1ccccc1)N=C(CC)/C(=C/CCCOC(C)=O)N(COC)N1CCN(C(=O)OC(C)(C)C)CC1. The van der Waals surface area contributed by atoms with E-state index in [4.69, 9.17) is 23.9 Å². The summed E-state index contributed by atoms with van der Waals surface area (Å²) in [6.45, 7) is 19.4. The van der Waals surface area contributed by atoms with Gasteiger partial charge in [-0.15, -0.1) is 0 Å². The molecule has 1 fully saturated rings. The number of para-hydroxylation sites is 1. The number of benzene rings is 1. The van der Waals surface area contributed by atoms with Gasteiger partial charge in [0.2, 0.25) is 0 Å². The van der Waals surface area contributed by atoms with Gasteiger partial charge in [-0.1, -0.05) is 44.4 Å². The van der Waals surface area contributed by atoms with Crippen LogP contribution in [-0.2, 0) is 23.7 Å². The first kappa shape index (κ1) is 38.8. The molecule has 1 heterocycles. The second-order valence-electron chi connectivity index (χ2n) is 11.8. The third kappa shape index (κ3) is 13.8. The van der Waals surface area contributed by atoms with Crippen molar-refractivity contribution in [3.63, 3.8) is 0 Å². The van der Waals surface area contributed by atoms with E-state index >= 15 is 0 Å². The number of carbonyl (C=O) groups is 3. The van der Waals surface area contributed by atoms with Crippen LogP contribution in [0.5, 0.6) is 0 Å². The summed E-state index contributed by atoms with van der Waals surface area (Å²) in [6.07, 6.45) is 6.11. The molecule has 1 aliphatic heterocycles. The number of esters is 1. The van der Waals surface area contributed by atoms with Crippen molar-refractivity contribution in [2.24, 2.45) is 4.99 Å². The van der Waals surface area contributed by atoms with Gasteiger partial charge < -0.3 is 23.8 Å². The zero-order chi connectivity index (χ0) is 35.0. The van der Waals surface area contributed by atoms with E-state index in [2.05, 4.69) is 18.2 Å². The molecule has 2 rings (SSSR count). The lowest BCUT2D eigenvalue weighted by Crippen LogP contribution is -2.56. The molecule has 0 N–H and O–H groups in total. The molecule has 0 radical (unpaired) electrons. The molecule has 0 atom stereocenters. The van der Waals surface area contributed by atoms with Crippen molar-refractivity contribution in [3.8, 4) is 0 Å². The largest absolute Gasteiger partial charge is 0.466 e. The number of piperazine rings is 1. The molecule has 0 saturated carbocycles. The van der Waals surface area contributed by atoms with Crippen LogP contribution in [-0.4, -0.2) is 98.1 Å². The van der Waals surface area contributed by atoms with Crippen molar-refractivity contribution in [1.82, 2.24) is 14.9 Å². The van der Waals surface area contributed by atoms with Gasteiger partial charge in [-0.2, -0.15) is 0 Å². The highest BCUT2D eigenvalue weighted by atomic mass is 16.6. The van der Waals surface area contributed by atoms with Gasteiger partial charge in [-0.25, -0.2) is 14.6 Å². The molecule has 258 valence electrons. The van der Waals surface area contributed by atoms with E-state index in [-0.39, 0.29) is 24.6 Å². The molecule has 47 heavy (non-hydrogen) atoms. The highest BCUT2D eigenvalue weighted by Gasteiger charge is 2.30. The van der Waals surface area contributed by atoms with Gasteiger partial charge >= 0.3 is 18.2 Å². The van der Waals surface area contributed by atoms with Gasteiger partial charge in [0.25, 0.3) is 0 Å². The second-order valence-corrected chi connectivity index (χ2v) is 11.8. The number of methoxy groups -OCH3 is 1. The molecule has 0 spiro atoms. The lowest BCUT2D eigenvalue weighted by atomic mass is 10.1. The summed E-state index contributed by atoms with van der Waals surface area (Å²) in [4.78, 5) is 44.4. The molecule has 1 aromatic carbocycles. The summed E-state index contributed by atoms with van der Waals surface area (Å²) in [7, 11) is 3.24. The van der Waals surface area contributed by atoms with Crippen LogP contribution >= 0.6 is 0 Å². The zero-order valence-electron chi connectivity index (χ0n) is 29.0. The summed E-state index contributed by atoms with van der Waals surface area (Å²) in [6, 6.07) is 9.14. The number of rotatable bonds is 15. The van der Waals surface area contributed by atoms with E-state index < -0.39 is 11.7 Å². The number of hydrogen-bond acceptors (Lipinski definition) is 10. The Bertz CT molecular complexity index is 1310. The number of anilines is 1. The van der Waals surface area contributed by atoms with Gasteiger partial charge in [0.1, 0.15) is 18.1 Å². The van der Waals surface area contributed by atoms with Crippen LogP contribution in [0.3, 0.4) is 0 Å². The Morgan fingerprint density at radius 2 is 1.70 bits per heavy atom. The molecular weight excluding hydrogens is 602 g/mol. The molecule has 12 heteroatoms. The fourth-order valence-electron chi connectivity index (χ4n) is 4.47. The summed E-state index contributed by atoms with van der Waals surface area (Å²) in [5.74, 6) is -0.187. The smallest absolute Gasteiger partial charge is 0.419 e. The molecule has 12 nitrogen and oxygen atoms in total. The highest BCUT2D eigenvalue weighted by Crippen LogP contribution is 2.20. The van der Waals surface area contributed by atoms with Gasteiger partial charge in [0.15, 0.2) is 0 Å². The molecular formula is C35H51N5O7. The first-order chi connectivity index (χ1) is 22.2. The normalized spacial score (nSPS) is 14.5. The number of hydrogen-bond donors (Lipinski definition) is 0. The average Bonchev–Trinajstić information content (AvgIpc) is 3.03. The summed E-state index contributed by atoms with van der Waals surface area (Å²) >= 11 is 0. The van der Waals surface area contributed by atoms with Crippen molar-refractivity contribution in [2.45, 2.75) is 59.5 Å². The fourth-order valence-corrected chi connectivity index (χ4v) is 4.47. The highest BCUT2D eigenvalue weighted by molar-refractivity contribution is 6.00. The van der Waals surface area contributed by atoms with Crippen molar-refractivity contribution in [2.75, 3.05) is 58.6 Å². The third-order valence-electron chi connectivity index (χ3n) is 6.78. The topological polar surface area (TPSA) is 113 Å². The predicted octanol–water partition coefficient (Wildman–Crippen LogP) is 6.29. The van der Waals surface area contributed by atoms with Gasteiger partial charge in [0.05, 0.1) is 23.7 Å². The summed E-state index contributed by atoms with van der Waals surface area (Å²) in [5.41, 5.74) is 2.09. The van der Waals surface area contributed by atoms with E-state index in [1.54, 1.807) is 43.3 Å². The number of amides is 2. The molecule has 1 saturated heterocycles. The van der Waals surface area contributed by atoms with Crippen molar-refractivity contribution in [3.05, 3.63) is 78.9 Å². The molecule has 0 bridgehead atoms. The Morgan fingerprint density at radius 1 is 1.04 bits per heavy atom. The van der Waals surface area contributed by atoms with Crippen LogP contribution in [0.2, 0.25) is 0 Å². The molecule has 0 aliphatic carbocycles. The first-order valence-corrected chi connectivity index (χ1v) is 15.7. The van der Waals surface area contributed by atoms with Crippen LogP contribution in [0.25, 0.3) is 0 Å². The number of aliphatic imine (C=N–C) groups is 1. The van der Waals surface area contributed by atoms with Crippen LogP contribution in [0.15, 0.2) is 83.9 Å². The molecule has 0 aromatic heterocycles. The Balaban J connectivity index is 2.23. The van der Waals surface area contributed by atoms with Crippen LogP contribution in [0.1, 0.15) is 53.9 Å². The number of unbranched alkanes of at least 4 members (excludes halogenated alkanes) is 1. The van der Waals surface area contributed by atoms with E-state index in [1.807, 2.05) is 57.0 Å². The molecule has 0 unspecified atom stereocenters. The fraction of sp³-hybridized carbons (Fsp3) is 0.486. The first-order valence-electron chi connectivity index (χ1n) is 15.7. The van der Waals surface area contributed by atoms with Crippen LogP contribution < -0.4 is 4.90 Å². The van der Waals surface area contributed by atoms with Crippen molar-refractivity contribution < 1.29 is 33.3 Å². The molecule has 1 aromatic rings. The number of hydrazine groups is 1. The van der Waals surface area contributed by atoms with E-state index in [0.29, 0.717) is 63.4 Å². The zero-order valence-corrected chi connectivity index (χ0v) is 29.0. The number of carbonyl (C=O) groups excluding carboxylic acids is 3. The lowest BCUT2D eigenvalue weighted by molar-refractivity contribution is -0.141. The molecule has 1 aliphatic rings. The maximum Gasteiger partial charge on any atom is 0.419 e. The minimum Gasteiger partial charge on any atom is -0.466 e. The third-order valence-corrected chi connectivity index (χ3v) is 6.78. The quantitative estimate of drug-likeness (QED) is 0.0410. The van der Waals surface area contributed by atoms with Crippen molar-refractivity contribution >= 4 is 29.6 Å². The number of nitrogens with zero attached hydrogens (tertiary/aromatic N) is 5. The van der Waals surface area contributed by atoms with Crippen LogP contribution in [0, 0.1) is 0 Å². The van der Waals surface area contributed by atoms with Crippen molar-refractivity contribution in [1.29, 1.82) is 0 Å². The van der Waals surface area contributed by atoms with Gasteiger partial charge in [-0.3, -0.25) is 19.7 Å². The average molecular weight is 654 g/mol. The Morgan fingerprint density at radius 3 is 2.28 bits per heavy atom. The van der Waals surface area contributed by atoms with E-state index in [1.165, 1.54) is 11.8 Å². The second kappa shape index (κ2) is 19.3. The van der Waals surface area contributed by atoms with Crippen LogP contribution in [0.4, 0.5) is 15.3 Å². The Kier molecular flexibility index (Phi) is 15.9.